The molecule has 0 aliphatic carbocycles. The second kappa shape index (κ2) is 12.1. The molecule has 0 unspecified atom stereocenters. The molecule has 0 saturated carbocycles. The van der Waals surface area contributed by atoms with Gasteiger partial charge in [0.2, 0.25) is 0 Å². The minimum Gasteiger partial charge on any atom is -0.379 e. The molecule has 0 aromatic carbocycles. The van der Waals surface area contributed by atoms with E-state index in [0.717, 1.165) is 82.8 Å². The minimum absolute atomic E-state index is 0. The third-order valence-electron chi connectivity index (χ3n) is 4.38. The number of nitrogens with zero attached hydrogens (tertiary/aromatic N) is 5. The fourth-order valence-electron chi connectivity index (χ4n) is 2.99. The van der Waals surface area contributed by atoms with E-state index in [4.69, 9.17) is 4.74 Å². The van der Waals surface area contributed by atoms with Gasteiger partial charge in [0.1, 0.15) is 5.82 Å². The van der Waals surface area contributed by atoms with Crippen molar-refractivity contribution in [3.8, 4) is 0 Å². The summed E-state index contributed by atoms with van der Waals surface area (Å²) in [6, 6.07) is 5.94. The summed E-state index contributed by atoms with van der Waals surface area (Å²) in [6.45, 7) is 9.31. The van der Waals surface area contributed by atoms with Crippen LogP contribution in [0, 0.1) is 0 Å². The van der Waals surface area contributed by atoms with Crippen LogP contribution in [0.4, 0.5) is 0 Å². The van der Waals surface area contributed by atoms with Crippen LogP contribution >= 0.6 is 24.0 Å². The Bertz CT molecular complexity index is 700. The second-order valence-electron chi connectivity index (χ2n) is 6.29. The lowest BCUT2D eigenvalue weighted by atomic mass is 10.3. The number of fused-ring (bicyclic) bond motifs is 1. The van der Waals surface area contributed by atoms with Crippen molar-refractivity contribution in [3.63, 3.8) is 0 Å². The molecule has 0 bridgehead atoms. The molecule has 2 aromatic heterocycles. The van der Waals surface area contributed by atoms with E-state index in [-0.39, 0.29) is 24.0 Å². The van der Waals surface area contributed by atoms with Gasteiger partial charge >= 0.3 is 0 Å². The quantitative estimate of drug-likeness (QED) is 0.252. The number of aromatic nitrogens is 3. The van der Waals surface area contributed by atoms with Gasteiger partial charge in [0.15, 0.2) is 11.6 Å². The first-order valence-corrected chi connectivity index (χ1v) is 9.47. The molecule has 2 N–H and O–H groups in total. The maximum absolute atomic E-state index is 5.38. The Kier molecular flexibility index (Phi) is 9.78. The van der Waals surface area contributed by atoms with Gasteiger partial charge in [-0.2, -0.15) is 0 Å². The van der Waals surface area contributed by atoms with Crippen molar-refractivity contribution in [2.24, 2.45) is 4.99 Å². The Balaban J connectivity index is 0.00000261. The van der Waals surface area contributed by atoms with Crippen molar-refractivity contribution in [2.45, 2.75) is 19.8 Å². The molecule has 0 amide bonds. The maximum atomic E-state index is 5.38. The number of rotatable bonds is 8. The molecule has 1 saturated heterocycles. The summed E-state index contributed by atoms with van der Waals surface area (Å²) in [4.78, 5) is 7.08. The number of aliphatic imine (C=N–C) groups is 1. The highest BCUT2D eigenvalue weighted by atomic mass is 127. The van der Waals surface area contributed by atoms with Crippen LogP contribution in [0.3, 0.4) is 0 Å². The molecule has 8 nitrogen and oxygen atoms in total. The van der Waals surface area contributed by atoms with Gasteiger partial charge in [-0.25, -0.2) is 0 Å². The number of halogens is 1. The van der Waals surface area contributed by atoms with Crippen LogP contribution in [0.1, 0.15) is 19.2 Å². The Morgan fingerprint density at radius 2 is 2.07 bits per heavy atom. The summed E-state index contributed by atoms with van der Waals surface area (Å²) < 4.78 is 7.42. The van der Waals surface area contributed by atoms with Crippen molar-refractivity contribution in [1.82, 2.24) is 30.1 Å². The second-order valence-corrected chi connectivity index (χ2v) is 6.29. The van der Waals surface area contributed by atoms with Crippen molar-refractivity contribution >= 4 is 35.6 Å². The van der Waals surface area contributed by atoms with E-state index in [2.05, 4.69) is 37.6 Å². The zero-order valence-electron chi connectivity index (χ0n) is 15.9. The van der Waals surface area contributed by atoms with Crippen molar-refractivity contribution < 1.29 is 4.74 Å². The average molecular weight is 487 g/mol. The van der Waals surface area contributed by atoms with Crippen molar-refractivity contribution in [3.05, 3.63) is 30.2 Å². The van der Waals surface area contributed by atoms with E-state index < -0.39 is 0 Å². The van der Waals surface area contributed by atoms with Gasteiger partial charge < -0.3 is 15.4 Å². The summed E-state index contributed by atoms with van der Waals surface area (Å²) in [5.41, 5.74) is 0.893. The van der Waals surface area contributed by atoms with E-state index >= 15 is 0 Å². The Morgan fingerprint density at radius 3 is 2.89 bits per heavy atom. The largest absolute Gasteiger partial charge is 0.379 e. The van der Waals surface area contributed by atoms with E-state index in [1.807, 2.05) is 28.8 Å². The van der Waals surface area contributed by atoms with Crippen LogP contribution in [0.2, 0.25) is 0 Å². The van der Waals surface area contributed by atoms with Gasteiger partial charge in [0.25, 0.3) is 0 Å². The predicted molar refractivity (Wildman–Crippen MR) is 118 cm³/mol. The van der Waals surface area contributed by atoms with E-state index in [1.54, 1.807) is 0 Å². The van der Waals surface area contributed by atoms with Crippen LogP contribution in [0.15, 0.2) is 29.4 Å². The molecule has 3 rings (SSSR count). The highest BCUT2D eigenvalue weighted by Gasteiger charge is 2.09. The number of ether oxygens (including phenoxy) is 1. The molecule has 2 aromatic rings. The summed E-state index contributed by atoms with van der Waals surface area (Å²) in [5, 5.41) is 15.2. The number of morpholine rings is 1. The number of hydrogen-bond acceptors (Lipinski definition) is 5. The number of aryl methyl sites for hydroxylation is 1. The van der Waals surface area contributed by atoms with E-state index in [1.165, 1.54) is 0 Å². The molecular formula is C18H30IN7O. The third kappa shape index (κ3) is 6.89. The zero-order chi connectivity index (χ0) is 18.0. The molecule has 1 aliphatic heterocycles. The molecule has 0 radical (unpaired) electrons. The van der Waals surface area contributed by atoms with Crippen LogP contribution < -0.4 is 10.6 Å². The monoisotopic (exact) mass is 487 g/mol. The molecule has 0 atom stereocenters. The Labute approximate surface area is 177 Å². The summed E-state index contributed by atoms with van der Waals surface area (Å²) in [7, 11) is 0. The van der Waals surface area contributed by atoms with Crippen LogP contribution in [0.5, 0.6) is 0 Å². The van der Waals surface area contributed by atoms with Crippen molar-refractivity contribution in [1.29, 1.82) is 0 Å². The van der Waals surface area contributed by atoms with Gasteiger partial charge in [0.05, 0.1) is 13.2 Å². The molecule has 9 heteroatoms. The standard InChI is InChI=1S/C18H29N7O.HI/c1-2-19-18(21-9-11-24-12-14-26-15-13-24)20-8-5-7-17-23-22-16-6-3-4-10-25(16)17;/h3-4,6,10H,2,5,7-9,11-15H2,1H3,(H2,19,20,21);1H. The lowest BCUT2D eigenvalue weighted by Crippen LogP contribution is -2.44. The van der Waals surface area contributed by atoms with E-state index in [9.17, 15) is 0 Å². The lowest BCUT2D eigenvalue weighted by Gasteiger charge is -2.26. The average Bonchev–Trinajstić information content (AvgIpc) is 3.09. The molecule has 3 heterocycles. The van der Waals surface area contributed by atoms with Crippen LogP contribution in [-0.2, 0) is 11.2 Å². The molecular weight excluding hydrogens is 457 g/mol. The zero-order valence-corrected chi connectivity index (χ0v) is 18.3. The van der Waals surface area contributed by atoms with Gasteiger partial charge in [-0.3, -0.25) is 14.3 Å². The van der Waals surface area contributed by atoms with Gasteiger partial charge in [-0.15, -0.1) is 34.2 Å². The predicted octanol–water partition coefficient (Wildman–Crippen LogP) is 1.17. The van der Waals surface area contributed by atoms with Gasteiger partial charge in [-0.05, 0) is 25.5 Å². The first kappa shape index (κ1) is 21.8. The lowest BCUT2D eigenvalue weighted by molar-refractivity contribution is 0.0389. The molecule has 150 valence electrons. The first-order chi connectivity index (χ1) is 12.9. The topological polar surface area (TPSA) is 79.1 Å². The normalized spacial score (nSPS) is 15.5. The van der Waals surface area contributed by atoms with Gasteiger partial charge in [0, 0.05) is 51.9 Å². The third-order valence-corrected chi connectivity index (χ3v) is 4.38. The molecule has 0 spiro atoms. The van der Waals surface area contributed by atoms with E-state index in [0.29, 0.717) is 0 Å². The Hall–Kier alpha value is -1.46. The molecule has 1 fully saturated rings. The first-order valence-electron chi connectivity index (χ1n) is 9.47. The fourth-order valence-corrected chi connectivity index (χ4v) is 2.99. The Morgan fingerprint density at radius 1 is 1.22 bits per heavy atom. The SMILES string of the molecule is CCNC(=NCCCc1nnc2ccccn12)NCCN1CCOCC1.I. The van der Waals surface area contributed by atoms with Crippen LogP contribution in [-0.4, -0.2) is 77.9 Å². The smallest absolute Gasteiger partial charge is 0.191 e. The summed E-state index contributed by atoms with van der Waals surface area (Å²) in [5.74, 6) is 1.87. The van der Waals surface area contributed by atoms with Crippen LogP contribution in [0.25, 0.3) is 5.65 Å². The highest BCUT2D eigenvalue weighted by molar-refractivity contribution is 14.0. The highest BCUT2D eigenvalue weighted by Crippen LogP contribution is 2.05. The summed E-state index contributed by atoms with van der Waals surface area (Å²) in [6.07, 6.45) is 3.81. The fraction of sp³-hybridized carbons (Fsp3) is 0.611. The summed E-state index contributed by atoms with van der Waals surface area (Å²) >= 11 is 0. The molecule has 27 heavy (non-hydrogen) atoms. The minimum atomic E-state index is 0. The maximum Gasteiger partial charge on any atom is 0.191 e. The number of guanidine groups is 1. The number of nitrogens with one attached hydrogen (secondary N) is 2. The van der Waals surface area contributed by atoms with Gasteiger partial charge in [-0.1, -0.05) is 6.07 Å². The number of hydrogen-bond donors (Lipinski definition) is 2. The van der Waals surface area contributed by atoms with Crippen molar-refractivity contribution in [2.75, 3.05) is 52.5 Å². The number of pyridine rings is 1. The molecule has 1 aliphatic rings.